The summed E-state index contributed by atoms with van der Waals surface area (Å²) in [5.41, 5.74) is 6.71. The minimum atomic E-state index is -0.658. The first-order valence-electron chi connectivity index (χ1n) is 15.5. The highest BCUT2D eigenvalue weighted by Gasteiger charge is 2.39. The number of halogens is 2. The first kappa shape index (κ1) is 32.7. The Morgan fingerprint density at radius 1 is 0.809 bits per heavy atom. The molecule has 1 aliphatic rings. The second-order valence-corrected chi connectivity index (χ2v) is 12.4. The fourth-order valence-electron chi connectivity index (χ4n) is 5.74. The van der Waals surface area contributed by atoms with Crippen LogP contribution in [-0.4, -0.2) is 26.8 Å². The molecule has 8 nitrogen and oxygen atoms in total. The number of carbonyl (C=O) groups excluding carboxylic acids is 1. The number of nitrogens with one attached hydrogen (secondary N) is 2. The fraction of sp³-hybridized carbons (Fsp3) is 0.243. The van der Waals surface area contributed by atoms with Gasteiger partial charge in [0, 0.05) is 24.6 Å². The van der Waals surface area contributed by atoms with Crippen molar-refractivity contribution in [2.24, 2.45) is 5.92 Å². The highest BCUT2D eigenvalue weighted by molar-refractivity contribution is 6.40. The number of ether oxygens (including phenoxy) is 2. The number of carbonyl (C=O) groups is 1. The van der Waals surface area contributed by atoms with Crippen LogP contribution in [0.3, 0.4) is 0 Å². The van der Waals surface area contributed by atoms with Crippen molar-refractivity contribution in [3.63, 3.8) is 0 Å². The number of urea groups is 1. The first-order chi connectivity index (χ1) is 22.9. The molecule has 4 aromatic carbocycles. The molecular formula is C37H36Cl2N4O4. The standard InChI is InChI=1S/C37H36Cl2N4O4/c1-24-32(21-43-23-42-34(38)35(43)39)46-36(47-33(24)28-15-13-26(22-44)14-16-28)31-12-6-11-30(18-31)29-10-5-9-27(17-29)20-41-37(45)40-19-25-7-3-2-4-8-25/h2-18,23-24,32-33,36,44H,19-22H2,1H3,(H2,40,41,45)/t24-,32+,33+,36+/m1/s1. The van der Waals surface area contributed by atoms with Crippen molar-refractivity contribution >= 4 is 29.2 Å². The van der Waals surface area contributed by atoms with Crippen LogP contribution in [0, 0.1) is 5.92 Å². The van der Waals surface area contributed by atoms with E-state index in [1.54, 1.807) is 10.9 Å². The maximum atomic E-state index is 12.4. The normalized spacial score (nSPS) is 19.3. The minimum absolute atomic E-state index is 0.0267. The number of imidazole rings is 1. The van der Waals surface area contributed by atoms with Gasteiger partial charge in [-0.2, -0.15) is 0 Å². The van der Waals surface area contributed by atoms with Gasteiger partial charge in [-0.3, -0.25) is 0 Å². The molecule has 4 atom stereocenters. The van der Waals surface area contributed by atoms with Crippen LogP contribution in [-0.2, 0) is 35.7 Å². The number of aliphatic hydroxyl groups is 1. The summed E-state index contributed by atoms with van der Waals surface area (Å²) in [4.78, 5) is 16.6. The summed E-state index contributed by atoms with van der Waals surface area (Å²) in [6.45, 7) is 3.36. The second kappa shape index (κ2) is 15.2. The average molecular weight is 672 g/mol. The summed E-state index contributed by atoms with van der Waals surface area (Å²) in [7, 11) is 0. The molecule has 2 heterocycles. The lowest BCUT2D eigenvalue weighted by atomic mass is 9.90. The molecule has 0 spiro atoms. The molecule has 0 saturated carbocycles. The quantitative estimate of drug-likeness (QED) is 0.141. The van der Waals surface area contributed by atoms with E-state index in [1.807, 2.05) is 91.0 Å². The van der Waals surface area contributed by atoms with Crippen molar-refractivity contribution in [2.45, 2.75) is 51.7 Å². The van der Waals surface area contributed by atoms with Gasteiger partial charge >= 0.3 is 6.03 Å². The molecule has 0 aliphatic carbocycles. The molecule has 6 rings (SSSR count). The van der Waals surface area contributed by atoms with E-state index in [9.17, 15) is 9.90 Å². The molecule has 1 aliphatic heterocycles. The van der Waals surface area contributed by atoms with Gasteiger partial charge in [-0.15, -0.1) is 0 Å². The van der Waals surface area contributed by atoms with Gasteiger partial charge < -0.3 is 29.8 Å². The molecule has 1 fully saturated rings. The lowest BCUT2D eigenvalue weighted by molar-refractivity contribution is -0.276. The zero-order chi connectivity index (χ0) is 32.8. The summed E-state index contributed by atoms with van der Waals surface area (Å²) in [5.74, 6) is -0.0410. The minimum Gasteiger partial charge on any atom is -0.392 e. The van der Waals surface area contributed by atoms with Gasteiger partial charge in [0.2, 0.25) is 0 Å². The van der Waals surface area contributed by atoms with Crippen molar-refractivity contribution in [3.8, 4) is 11.1 Å². The lowest BCUT2D eigenvalue weighted by Crippen LogP contribution is -2.39. The third-order valence-electron chi connectivity index (χ3n) is 8.40. The molecule has 3 N–H and O–H groups in total. The summed E-state index contributed by atoms with van der Waals surface area (Å²) in [6, 6.07) is 33.6. The van der Waals surface area contributed by atoms with Gasteiger partial charge in [0.15, 0.2) is 11.4 Å². The number of aliphatic hydroxyl groups excluding tert-OH is 1. The Labute approximate surface area is 284 Å². The predicted octanol–water partition coefficient (Wildman–Crippen LogP) is 7.84. The molecule has 2 amide bonds. The van der Waals surface area contributed by atoms with Gasteiger partial charge in [0.1, 0.15) is 5.15 Å². The SMILES string of the molecule is C[C@@H]1[C@H](Cn2cnc(Cl)c2Cl)O[C@H](c2cccc(-c3cccc(CNC(=O)NCc4ccccc4)c3)c2)O[C@@H]1c1ccc(CO)cc1. The van der Waals surface area contributed by atoms with Crippen molar-refractivity contribution < 1.29 is 19.4 Å². The second-order valence-electron chi connectivity index (χ2n) is 11.6. The molecular weight excluding hydrogens is 635 g/mol. The van der Waals surface area contributed by atoms with E-state index in [-0.39, 0.29) is 35.9 Å². The molecule has 1 saturated heterocycles. The van der Waals surface area contributed by atoms with Gasteiger partial charge in [0.05, 0.1) is 31.7 Å². The Hall–Kier alpha value is -4.18. The molecule has 0 bridgehead atoms. The Balaban J connectivity index is 1.19. The van der Waals surface area contributed by atoms with Crippen molar-refractivity contribution in [2.75, 3.05) is 0 Å². The number of benzene rings is 4. The third-order valence-corrected chi connectivity index (χ3v) is 9.17. The summed E-state index contributed by atoms with van der Waals surface area (Å²) >= 11 is 12.6. The predicted molar refractivity (Wildman–Crippen MR) is 183 cm³/mol. The number of hydrogen-bond donors (Lipinski definition) is 3. The van der Waals surface area contributed by atoms with E-state index in [2.05, 4.69) is 34.7 Å². The van der Waals surface area contributed by atoms with Crippen LogP contribution in [0.2, 0.25) is 10.3 Å². The van der Waals surface area contributed by atoms with E-state index in [4.69, 9.17) is 32.7 Å². The van der Waals surface area contributed by atoms with Crippen LogP contribution >= 0.6 is 23.2 Å². The first-order valence-corrected chi connectivity index (χ1v) is 16.2. The van der Waals surface area contributed by atoms with Crippen LogP contribution in [0.15, 0.2) is 109 Å². The van der Waals surface area contributed by atoms with Crippen LogP contribution in [0.1, 0.15) is 47.1 Å². The van der Waals surface area contributed by atoms with Gasteiger partial charge in [0.25, 0.3) is 0 Å². The molecule has 10 heteroatoms. The van der Waals surface area contributed by atoms with Gasteiger partial charge in [-0.1, -0.05) is 121 Å². The Bertz CT molecular complexity index is 1800. The smallest absolute Gasteiger partial charge is 0.315 e. The number of nitrogens with zero attached hydrogens (tertiary/aromatic N) is 2. The molecule has 47 heavy (non-hydrogen) atoms. The van der Waals surface area contributed by atoms with E-state index in [0.29, 0.717) is 24.8 Å². The number of hydrogen-bond acceptors (Lipinski definition) is 5. The Morgan fingerprint density at radius 2 is 1.49 bits per heavy atom. The van der Waals surface area contributed by atoms with Crippen LogP contribution in [0.5, 0.6) is 0 Å². The summed E-state index contributed by atoms with van der Waals surface area (Å²) in [6.07, 6.45) is 0.404. The zero-order valence-corrected chi connectivity index (χ0v) is 27.4. The highest BCUT2D eigenvalue weighted by Crippen LogP contribution is 2.43. The van der Waals surface area contributed by atoms with E-state index < -0.39 is 6.29 Å². The topological polar surface area (TPSA) is 97.6 Å². The molecule has 5 aromatic rings. The van der Waals surface area contributed by atoms with Crippen molar-refractivity contribution in [1.29, 1.82) is 0 Å². The van der Waals surface area contributed by atoms with Crippen molar-refractivity contribution in [1.82, 2.24) is 20.2 Å². The van der Waals surface area contributed by atoms with Crippen molar-refractivity contribution in [3.05, 3.63) is 148 Å². The molecule has 0 unspecified atom stereocenters. The highest BCUT2D eigenvalue weighted by atomic mass is 35.5. The Kier molecular flexibility index (Phi) is 10.6. The molecule has 0 radical (unpaired) electrons. The van der Waals surface area contributed by atoms with Gasteiger partial charge in [-0.05, 0) is 45.5 Å². The average Bonchev–Trinajstić information content (AvgIpc) is 3.43. The van der Waals surface area contributed by atoms with E-state index in [0.717, 1.165) is 38.9 Å². The fourth-order valence-corrected chi connectivity index (χ4v) is 6.05. The van der Waals surface area contributed by atoms with Crippen LogP contribution < -0.4 is 10.6 Å². The van der Waals surface area contributed by atoms with E-state index in [1.165, 1.54) is 0 Å². The maximum absolute atomic E-state index is 12.4. The summed E-state index contributed by atoms with van der Waals surface area (Å²) in [5, 5.41) is 16.0. The number of amides is 2. The zero-order valence-electron chi connectivity index (χ0n) is 25.9. The van der Waals surface area contributed by atoms with E-state index >= 15 is 0 Å². The monoisotopic (exact) mass is 670 g/mol. The summed E-state index contributed by atoms with van der Waals surface area (Å²) < 4.78 is 15.1. The number of aromatic nitrogens is 2. The van der Waals surface area contributed by atoms with Crippen LogP contribution in [0.25, 0.3) is 11.1 Å². The van der Waals surface area contributed by atoms with Crippen LogP contribution in [0.4, 0.5) is 4.79 Å². The maximum Gasteiger partial charge on any atom is 0.315 e. The molecule has 1 aromatic heterocycles. The number of rotatable bonds is 10. The Morgan fingerprint density at radius 3 is 2.19 bits per heavy atom. The third kappa shape index (κ3) is 8.04. The lowest BCUT2D eigenvalue weighted by Gasteiger charge is -2.41. The van der Waals surface area contributed by atoms with Gasteiger partial charge in [-0.25, -0.2) is 9.78 Å². The molecule has 242 valence electrons. The largest absolute Gasteiger partial charge is 0.392 e.